The highest BCUT2D eigenvalue weighted by molar-refractivity contribution is 9.10. The zero-order valence-electron chi connectivity index (χ0n) is 11.2. The van der Waals surface area contributed by atoms with Crippen molar-refractivity contribution in [3.63, 3.8) is 0 Å². The van der Waals surface area contributed by atoms with E-state index in [0.29, 0.717) is 0 Å². The smallest absolute Gasteiger partial charge is 0.101 e. The molecule has 1 aromatic carbocycles. The lowest BCUT2D eigenvalue weighted by Gasteiger charge is -2.08. The molecule has 5 heteroatoms. The van der Waals surface area contributed by atoms with E-state index in [0.717, 1.165) is 33.5 Å². The Hall–Kier alpha value is -0.360. The predicted octanol–water partition coefficient (Wildman–Crippen LogP) is 5.26. The van der Waals surface area contributed by atoms with E-state index >= 15 is 0 Å². The molecule has 1 aromatic heterocycles. The fourth-order valence-corrected chi connectivity index (χ4v) is 3.34. The fourth-order valence-electron chi connectivity index (χ4n) is 1.68. The van der Waals surface area contributed by atoms with Crippen molar-refractivity contribution >= 4 is 43.6 Å². The van der Waals surface area contributed by atoms with Crippen LogP contribution >= 0.6 is 43.6 Å². The fraction of sp³-hybridized carbons (Fsp3) is 0.267. The van der Waals surface area contributed by atoms with Gasteiger partial charge >= 0.3 is 0 Å². The van der Waals surface area contributed by atoms with Crippen LogP contribution in [0.1, 0.15) is 18.9 Å². The highest BCUT2D eigenvalue weighted by Crippen LogP contribution is 2.33. The van der Waals surface area contributed by atoms with Gasteiger partial charge in [-0.3, -0.25) is 0 Å². The standard InChI is InChI=1S/C15H16Br2N2S/c1-2-7-18-9-11-3-5-14(13(17)8-11)20-15-6-4-12(16)10-19-15/h3-6,8,10,18H,2,7,9H2,1H3. The summed E-state index contributed by atoms with van der Waals surface area (Å²) in [5.74, 6) is 0. The highest BCUT2D eigenvalue weighted by atomic mass is 79.9. The topological polar surface area (TPSA) is 24.9 Å². The van der Waals surface area contributed by atoms with E-state index in [1.165, 1.54) is 10.5 Å². The van der Waals surface area contributed by atoms with E-state index in [4.69, 9.17) is 0 Å². The van der Waals surface area contributed by atoms with Crippen molar-refractivity contribution in [1.82, 2.24) is 10.3 Å². The number of nitrogens with zero attached hydrogens (tertiary/aromatic N) is 1. The van der Waals surface area contributed by atoms with Gasteiger partial charge in [-0.25, -0.2) is 4.98 Å². The monoisotopic (exact) mass is 414 g/mol. The first-order valence-electron chi connectivity index (χ1n) is 6.47. The molecule has 2 rings (SSSR count). The van der Waals surface area contributed by atoms with Crippen molar-refractivity contribution in [2.24, 2.45) is 0 Å². The van der Waals surface area contributed by atoms with E-state index in [1.807, 2.05) is 18.3 Å². The van der Waals surface area contributed by atoms with Gasteiger partial charge in [0.25, 0.3) is 0 Å². The van der Waals surface area contributed by atoms with Gasteiger partial charge in [0.2, 0.25) is 0 Å². The van der Waals surface area contributed by atoms with Crippen LogP contribution in [0.4, 0.5) is 0 Å². The number of aromatic nitrogens is 1. The molecule has 0 aliphatic rings. The van der Waals surface area contributed by atoms with Crippen LogP contribution in [0.2, 0.25) is 0 Å². The van der Waals surface area contributed by atoms with Gasteiger partial charge in [0.15, 0.2) is 0 Å². The number of benzene rings is 1. The second-order valence-electron chi connectivity index (χ2n) is 4.36. The van der Waals surface area contributed by atoms with Gasteiger partial charge in [0.05, 0.1) is 0 Å². The van der Waals surface area contributed by atoms with Crippen molar-refractivity contribution in [3.05, 3.63) is 51.0 Å². The molecule has 0 amide bonds. The largest absolute Gasteiger partial charge is 0.313 e. The molecule has 1 N–H and O–H groups in total. The molecule has 0 saturated heterocycles. The average Bonchev–Trinajstić information content (AvgIpc) is 2.44. The van der Waals surface area contributed by atoms with Crippen molar-refractivity contribution < 1.29 is 0 Å². The molecule has 0 radical (unpaired) electrons. The molecule has 106 valence electrons. The Labute approximate surface area is 141 Å². The zero-order valence-corrected chi connectivity index (χ0v) is 15.2. The maximum absolute atomic E-state index is 4.38. The number of rotatable bonds is 6. The van der Waals surface area contributed by atoms with Crippen LogP contribution in [0.15, 0.2) is 55.4 Å². The van der Waals surface area contributed by atoms with Crippen molar-refractivity contribution in [2.75, 3.05) is 6.54 Å². The Bertz CT molecular complexity index is 558. The predicted molar refractivity (Wildman–Crippen MR) is 92.2 cm³/mol. The summed E-state index contributed by atoms with van der Waals surface area (Å²) in [6, 6.07) is 10.5. The summed E-state index contributed by atoms with van der Waals surface area (Å²) >= 11 is 8.70. The van der Waals surface area contributed by atoms with Crippen molar-refractivity contribution in [3.8, 4) is 0 Å². The number of hydrogen-bond acceptors (Lipinski definition) is 3. The van der Waals surface area contributed by atoms with Gasteiger partial charge in [-0.15, -0.1) is 0 Å². The van der Waals surface area contributed by atoms with Gasteiger partial charge < -0.3 is 5.32 Å². The molecule has 0 unspecified atom stereocenters. The normalized spacial score (nSPS) is 10.8. The lowest BCUT2D eigenvalue weighted by Crippen LogP contribution is -2.13. The van der Waals surface area contributed by atoms with Gasteiger partial charge in [-0.1, -0.05) is 24.8 Å². The summed E-state index contributed by atoms with van der Waals surface area (Å²) in [6.45, 7) is 4.14. The second-order valence-corrected chi connectivity index (χ2v) is 7.19. The molecule has 0 aliphatic heterocycles. The first-order chi connectivity index (χ1) is 9.69. The summed E-state index contributed by atoms with van der Waals surface area (Å²) in [5, 5.41) is 4.40. The molecule has 2 nitrogen and oxygen atoms in total. The van der Waals surface area contributed by atoms with Crippen LogP contribution in [0.5, 0.6) is 0 Å². The molecule has 0 bridgehead atoms. The zero-order chi connectivity index (χ0) is 14.4. The van der Waals surface area contributed by atoms with Crippen LogP contribution in [-0.4, -0.2) is 11.5 Å². The average molecular weight is 416 g/mol. The molecular formula is C15H16Br2N2S. The second kappa shape index (κ2) is 8.17. The minimum atomic E-state index is 0.911. The number of hydrogen-bond donors (Lipinski definition) is 1. The molecule has 1 heterocycles. The Morgan fingerprint density at radius 1 is 1.20 bits per heavy atom. The summed E-state index contributed by atoms with van der Waals surface area (Å²) < 4.78 is 2.11. The first-order valence-corrected chi connectivity index (χ1v) is 8.88. The van der Waals surface area contributed by atoms with Gasteiger partial charge in [0.1, 0.15) is 5.03 Å². The van der Waals surface area contributed by atoms with Gasteiger partial charge in [-0.2, -0.15) is 0 Å². The van der Waals surface area contributed by atoms with Gasteiger partial charge in [-0.05, 0) is 74.7 Å². The van der Waals surface area contributed by atoms with E-state index in [2.05, 4.69) is 67.3 Å². The first kappa shape index (κ1) is 16.0. The quantitative estimate of drug-likeness (QED) is 0.651. The lowest BCUT2D eigenvalue weighted by atomic mass is 10.2. The van der Waals surface area contributed by atoms with Crippen LogP contribution in [0, 0.1) is 0 Å². The van der Waals surface area contributed by atoms with Crippen LogP contribution < -0.4 is 5.32 Å². The molecule has 0 fully saturated rings. The number of halogens is 2. The van der Waals surface area contributed by atoms with Crippen molar-refractivity contribution in [1.29, 1.82) is 0 Å². The van der Waals surface area contributed by atoms with Gasteiger partial charge in [0, 0.05) is 26.6 Å². The Morgan fingerprint density at radius 3 is 2.70 bits per heavy atom. The summed E-state index contributed by atoms with van der Waals surface area (Å²) in [5.41, 5.74) is 1.29. The highest BCUT2D eigenvalue weighted by Gasteiger charge is 2.05. The van der Waals surface area contributed by atoms with Crippen LogP contribution in [0.25, 0.3) is 0 Å². The minimum absolute atomic E-state index is 0.911. The van der Waals surface area contributed by atoms with Crippen LogP contribution in [-0.2, 0) is 6.54 Å². The summed E-state index contributed by atoms with van der Waals surface area (Å²) in [4.78, 5) is 5.56. The molecule has 0 spiro atoms. The number of nitrogens with one attached hydrogen (secondary N) is 1. The SMILES string of the molecule is CCCNCc1ccc(Sc2ccc(Br)cn2)c(Br)c1. The third-order valence-electron chi connectivity index (χ3n) is 2.67. The third kappa shape index (κ3) is 4.88. The van der Waals surface area contributed by atoms with E-state index in [9.17, 15) is 0 Å². The maximum Gasteiger partial charge on any atom is 0.101 e. The molecule has 0 atom stereocenters. The van der Waals surface area contributed by atoms with E-state index in [1.54, 1.807) is 11.8 Å². The lowest BCUT2D eigenvalue weighted by molar-refractivity contribution is 0.675. The van der Waals surface area contributed by atoms with Crippen molar-refractivity contribution in [2.45, 2.75) is 29.8 Å². The Morgan fingerprint density at radius 2 is 2.05 bits per heavy atom. The number of pyridine rings is 1. The molecule has 2 aromatic rings. The third-order valence-corrected chi connectivity index (χ3v) is 5.08. The molecule has 0 aliphatic carbocycles. The minimum Gasteiger partial charge on any atom is -0.313 e. The van der Waals surface area contributed by atoms with E-state index < -0.39 is 0 Å². The summed E-state index contributed by atoms with van der Waals surface area (Å²) in [7, 11) is 0. The Balaban J connectivity index is 2.03. The Kier molecular flexibility index (Phi) is 6.55. The molecular weight excluding hydrogens is 400 g/mol. The van der Waals surface area contributed by atoms with Crippen LogP contribution in [0.3, 0.4) is 0 Å². The molecule has 20 heavy (non-hydrogen) atoms. The maximum atomic E-state index is 4.38. The summed E-state index contributed by atoms with van der Waals surface area (Å²) in [6.07, 6.45) is 2.98. The molecule has 0 saturated carbocycles. The van der Waals surface area contributed by atoms with E-state index in [-0.39, 0.29) is 0 Å².